The summed E-state index contributed by atoms with van der Waals surface area (Å²) in [5, 5.41) is 11.1. The van der Waals surface area contributed by atoms with E-state index < -0.39 is 16.8 Å². The molecule has 0 radical (unpaired) electrons. The molecule has 1 saturated heterocycles. The number of rotatable bonds is 6. The highest BCUT2D eigenvalue weighted by molar-refractivity contribution is 5.81. The maximum absolute atomic E-state index is 13.4. The average molecular weight is 387 g/mol. The van der Waals surface area contributed by atoms with Gasteiger partial charge in [0.2, 0.25) is 5.75 Å². The van der Waals surface area contributed by atoms with Crippen LogP contribution in [0.15, 0.2) is 48.5 Å². The SMILES string of the molecule is C[C@H](Oc1cc(F)ccc1[N+](=O)[O-])C(=O)N1CCN(Cc2ccccc2)CC1. The van der Waals surface area contributed by atoms with Crippen LogP contribution in [0.5, 0.6) is 5.75 Å². The average Bonchev–Trinajstić information content (AvgIpc) is 2.68. The van der Waals surface area contributed by atoms with Gasteiger partial charge in [0, 0.05) is 44.9 Å². The monoisotopic (exact) mass is 387 g/mol. The number of hydrogen-bond acceptors (Lipinski definition) is 5. The van der Waals surface area contributed by atoms with Gasteiger partial charge in [-0.15, -0.1) is 0 Å². The summed E-state index contributed by atoms with van der Waals surface area (Å²) < 4.78 is 18.9. The highest BCUT2D eigenvalue weighted by Gasteiger charge is 2.28. The van der Waals surface area contributed by atoms with Crippen molar-refractivity contribution in [3.05, 3.63) is 70.0 Å². The fourth-order valence-corrected chi connectivity index (χ4v) is 3.20. The Labute approximate surface area is 162 Å². The van der Waals surface area contributed by atoms with Crippen molar-refractivity contribution in [3.63, 3.8) is 0 Å². The standard InChI is InChI=1S/C20H22FN3O4/c1-15(28-19-13-17(21)7-8-18(19)24(26)27)20(25)23-11-9-22(10-12-23)14-16-5-3-2-4-6-16/h2-8,13,15H,9-12,14H2,1H3/t15-/m0/s1. The van der Waals surface area contributed by atoms with Crippen molar-refractivity contribution in [3.8, 4) is 5.75 Å². The first-order valence-corrected chi connectivity index (χ1v) is 9.09. The Hall–Kier alpha value is -3.00. The number of carbonyl (C=O) groups is 1. The Bertz CT molecular complexity index is 839. The lowest BCUT2D eigenvalue weighted by Crippen LogP contribution is -2.51. The molecule has 0 unspecified atom stereocenters. The van der Waals surface area contributed by atoms with E-state index in [1.165, 1.54) is 12.5 Å². The van der Waals surface area contributed by atoms with Crippen molar-refractivity contribution >= 4 is 11.6 Å². The number of ether oxygens (including phenoxy) is 1. The van der Waals surface area contributed by atoms with E-state index in [1.807, 2.05) is 18.2 Å². The van der Waals surface area contributed by atoms with Gasteiger partial charge in [-0.2, -0.15) is 0 Å². The summed E-state index contributed by atoms with van der Waals surface area (Å²) in [6.07, 6.45) is -0.943. The molecule has 8 heteroatoms. The highest BCUT2D eigenvalue weighted by Crippen LogP contribution is 2.28. The first kappa shape index (κ1) is 19.8. The smallest absolute Gasteiger partial charge is 0.311 e. The molecule has 3 rings (SSSR count). The van der Waals surface area contributed by atoms with Crippen molar-refractivity contribution < 1.29 is 18.8 Å². The number of carbonyl (C=O) groups excluding carboxylic acids is 1. The highest BCUT2D eigenvalue weighted by atomic mass is 19.1. The third-order valence-corrected chi connectivity index (χ3v) is 4.70. The zero-order valence-electron chi connectivity index (χ0n) is 15.6. The van der Waals surface area contributed by atoms with Crippen LogP contribution in [0.4, 0.5) is 10.1 Å². The number of halogens is 1. The van der Waals surface area contributed by atoms with Crippen molar-refractivity contribution in [2.24, 2.45) is 0 Å². The molecule has 0 saturated carbocycles. The summed E-state index contributed by atoms with van der Waals surface area (Å²) in [6.45, 7) is 4.90. The van der Waals surface area contributed by atoms with Crippen molar-refractivity contribution in [2.45, 2.75) is 19.6 Å². The van der Waals surface area contributed by atoms with Gasteiger partial charge in [-0.1, -0.05) is 30.3 Å². The molecule has 28 heavy (non-hydrogen) atoms. The molecule has 0 spiro atoms. The minimum atomic E-state index is -0.943. The topological polar surface area (TPSA) is 75.9 Å². The fourth-order valence-electron chi connectivity index (χ4n) is 3.20. The van der Waals surface area contributed by atoms with Gasteiger partial charge < -0.3 is 9.64 Å². The summed E-state index contributed by atoms with van der Waals surface area (Å²) in [5.41, 5.74) is 0.853. The van der Waals surface area contributed by atoms with Crippen molar-refractivity contribution in [1.82, 2.24) is 9.80 Å². The second kappa shape index (κ2) is 8.79. The predicted molar refractivity (Wildman–Crippen MR) is 101 cm³/mol. The maximum atomic E-state index is 13.4. The van der Waals surface area contributed by atoms with Crippen LogP contribution in [-0.2, 0) is 11.3 Å². The lowest BCUT2D eigenvalue weighted by Gasteiger charge is -2.35. The fraction of sp³-hybridized carbons (Fsp3) is 0.350. The van der Waals surface area contributed by atoms with Crippen molar-refractivity contribution in [1.29, 1.82) is 0 Å². The summed E-state index contributed by atoms with van der Waals surface area (Å²) in [5.74, 6) is -1.17. The Balaban J connectivity index is 1.56. The Morgan fingerprint density at radius 1 is 1.18 bits per heavy atom. The quantitative estimate of drug-likeness (QED) is 0.563. The van der Waals surface area contributed by atoms with Gasteiger partial charge in [-0.25, -0.2) is 4.39 Å². The van der Waals surface area contributed by atoms with E-state index in [1.54, 1.807) is 4.90 Å². The molecule has 148 valence electrons. The van der Waals surface area contributed by atoms with Gasteiger partial charge in [0.25, 0.3) is 5.91 Å². The number of benzene rings is 2. The van der Waals surface area contributed by atoms with Crippen molar-refractivity contribution in [2.75, 3.05) is 26.2 Å². The van der Waals surface area contributed by atoms with E-state index in [-0.39, 0.29) is 17.3 Å². The third-order valence-electron chi connectivity index (χ3n) is 4.70. The lowest BCUT2D eigenvalue weighted by atomic mass is 10.2. The molecule has 7 nitrogen and oxygen atoms in total. The summed E-state index contributed by atoms with van der Waals surface area (Å²) >= 11 is 0. The Kier molecular flexibility index (Phi) is 6.20. The molecule has 1 atom stereocenters. The normalized spacial score (nSPS) is 15.9. The molecule has 1 fully saturated rings. The minimum Gasteiger partial charge on any atom is -0.474 e. The third kappa shape index (κ3) is 4.83. The van der Waals surface area contributed by atoms with Crippen LogP contribution in [0.25, 0.3) is 0 Å². The van der Waals surface area contributed by atoms with Gasteiger partial charge in [0.1, 0.15) is 5.82 Å². The molecule has 0 aromatic heterocycles. The predicted octanol–water partition coefficient (Wildman–Crippen LogP) is 2.85. The molecule has 1 amide bonds. The maximum Gasteiger partial charge on any atom is 0.311 e. The van der Waals surface area contributed by atoms with E-state index in [4.69, 9.17) is 4.74 Å². The van der Waals surface area contributed by atoms with Crippen LogP contribution < -0.4 is 4.74 Å². The van der Waals surface area contributed by atoms with E-state index in [2.05, 4.69) is 17.0 Å². The molecular formula is C20H22FN3O4. The van der Waals surface area contributed by atoms with Crippen LogP contribution in [0.3, 0.4) is 0 Å². The van der Waals surface area contributed by atoms with Gasteiger partial charge >= 0.3 is 5.69 Å². The van der Waals surface area contributed by atoms with E-state index >= 15 is 0 Å². The lowest BCUT2D eigenvalue weighted by molar-refractivity contribution is -0.386. The molecule has 1 heterocycles. The largest absolute Gasteiger partial charge is 0.474 e. The Morgan fingerprint density at radius 2 is 1.86 bits per heavy atom. The second-order valence-corrected chi connectivity index (χ2v) is 6.72. The van der Waals surface area contributed by atoms with Crippen LogP contribution in [-0.4, -0.2) is 52.9 Å². The van der Waals surface area contributed by atoms with E-state index in [9.17, 15) is 19.3 Å². The van der Waals surface area contributed by atoms with E-state index in [0.29, 0.717) is 13.1 Å². The molecule has 2 aromatic carbocycles. The minimum absolute atomic E-state index is 0.242. The molecule has 2 aromatic rings. The summed E-state index contributed by atoms with van der Waals surface area (Å²) in [6, 6.07) is 13.1. The first-order chi connectivity index (χ1) is 13.4. The number of amides is 1. The number of nitrogens with zero attached hydrogens (tertiary/aromatic N) is 3. The summed E-state index contributed by atoms with van der Waals surface area (Å²) in [4.78, 5) is 27.0. The number of nitro groups is 1. The van der Waals surface area contributed by atoms with E-state index in [0.717, 1.165) is 37.8 Å². The number of hydrogen-bond donors (Lipinski definition) is 0. The zero-order valence-corrected chi connectivity index (χ0v) is 15.6. The van der Waals surface area contributed by atoms with Crippen LogP contribution in [0, 0.1) is 15.9 Å². The molecule has 0 aliphatic carbocycles. The molecule has 0 N–H and O–H groups in total. The van der Waals surface area contributed by atoms with Gasteiger partial charge in [0.15, 0.2) is 6.10 Å². The molecule has 1 aliphatic heterocycles. The second-order valence-electron chi connectivity index (χ2n) is 6.72. The Morgan fingerprint density at radius 3 is 2.50 bits per heavy atom. The van der Waals surface area contributed by atoms with Gasteiger partial charge in [-0.3, -0.25) is 19.8 Å². The zero-order chi connectivity index (χ0) is 20.1. The number of piperazine rings is 1. The van der Waals surface area contributed by atoms with Crippen LogP contribution in [0.2, 0.25) is 0 Å². The van der Waals surface area contributed by atoms with Gasteiger partial charge in [0.05, 0.1) is 4.92 Å². The number of nitro benzene ring substituents is 1. The molecule has 0 bridgehead atoms. The summed E-state index contributed by atoms with van der Waals surface area (Å²) in [7, 11) is 0. The van der Waals surface area contributed by atoms with Gasteiger partial charge in [-0.05, 0) is 18.6 Å². The first-order valence-electron chi connectivity index (χ1n) is 9.09. The molecule has 1 aliphatic rings. The molecular weight excluding hydrogens is 365 g/mol. The van der Waals surface area contributed by atoms with Crippen LogP contribution >= 0.6 is 0 Å². The van der Waals surface area contributed by atoms with Crippen LogP contribution in [0.1, 0.15) is 12.5 Å².